The summed E-state index contributed by atoms with van der Waals surface area (Å²) >= 11 is 5.74. The predicted octanol–water partition coefficient (Wildman–Crippen LogP) is 4.33. The smallest absolute Gasteiger partial charge is 0.322 e. The number of likely N-dealkylation sites (N-methyl/N-ethyl adjacent to an activating group) is 1. The van der Waals surface area contributed by atoms with E-state index in [4.69, 9.17) is 16.3 Å². The predicted molar refractivity (Wildman–Crippen MR) is 105 cm³/mol. The van der Waals surface area contributed by atoms with Crippen LogP contribution in [0.25, 0.3) is 10.8 Å². The van der Waals surface area contributed by atoms with Crippen LogP contribution in [-0.4, -0.2) is 29.6 Å². The molecule has 0 aliphatic carbocycles. The normalized spacial score (nSPS) is 15.7. The Bertz CT molecular complexity index is 1230. The summed E-state index contributed by atoms with van der Waals surface area (Å²) in [6.45, 7) is 0.0376. The van der Waals surface area contributed by atoms with Crippen molar-refractivity contribution in [2.45, 2.75) is 12.6 Å². The topological polar surface area (TPSA) is 74.4 Å². The average molecular weight is 438 g/mol. The van der Waals surface area contributed by atoms with Gasteiger partial charge in [-0.25, -0.2) is 18.0 Å². The highest BCUT2D eigenvalue weighted by molar-refractivity contribution is 6.31. The van der Waals surface area contributed by atoms with Gasteiger partial charge in [-0.3, -0.25) is 4.79 Å². The second-order valence-corrected chi connectivity index (χ2v) is 7.26. The summed E-state index contributed by atoms with van der Waals surface area (Å²) in [5.41, 5.74) is 0.246. The second kappa shape index (κ2) is 7.66. The van der Waals surface area contributed by atoms with Crippen LogP contribution < -0.4 is 10.9 Å². The maximum absolute atomic E-state index is 14.7. The molecule has 2 heterocycles. The number of nitrogens with zero attached hydrogens (tertiary/aromatic N) is 1. The summed E-state index contributed by atoms with van der Waals surface area (Å²) in [4.78, 5) is 28.9. The number of rotatable bonds is 2. The molecule has 3 aromatic rings. The molecule has 0 radical (unpaired) electrons. The molecule has 1 unspecified atom stereocenters. The number of urea groups is 1. The SMILES string of the molecule is CN(C(=O)Nc1ccc(F)c(Cl)c1)C1COCc2[nH]c(=O)c3cc(F)cc(F)c3c21. The Labute approximate surface area is 173 Å². The molecule has 6 nitrogen and oxygen atoms in total. The standard InChI is InChI=1S/C20H15ClF3N3O3/c1-27(20(29)25-10-2-3-13(23)12(21)6-10)16-8-30-7-15-18(16)17-11(19(28)26-15)4-9(22)5-14(17)24/h2-6,16H,7-8H2,1H3,(H,25,29)(H,26,28). The van der Waals surface area contributed by atoms with E-state index in [9.17, 15) is 22.8 Å². The molecule has 1 aromatic heterocycles. The zero-order valence-corrected chi connectivity index (χ0v) is 16.3. The third kappa shape index (κ3) is 3.50. The summed E-state index contributed by atoms with van der Waals surface area (Å²) in [6.07, 6.45) is 0. The van der Waals surface area contributed by atoms with Crippen molar-refractivity contribution in [3.63, 3.8) is 0 Å². The number of hydrogen-bond donors (Lipinski definition) is 2. The van der Waals surface area contributed by atoms with Crippen molar-refractivity contribution in [2.24, 2.45) is 0 Å². The number of halogens is 4. The molecule has 4 rings (SSSR count). The van der Waals surface area contributed by atoms with E-state index in [0.29, 0.717) is 17.3 Å². The van der Waals surface area contributed by atoms with Crippen LogP contribution in [0.5, 0.6) is 0 Å². The lowest BCUT2D eigenvalue weighted by molar-refractivity contribution is 0.0526. The third-order valence-electron chi connectivity index (χ3n) is 4.97. The van der Waals surface area contributed by atoms with Gasteiger partial charge in [-0.05, 0) is 24.3 Å². The van der Waals surface area contributed by atoms with E-state index >= 15 is 0 Å². The molecule has 2 N–H and O–H groups in total. The minimum Gasteiger partial charge on any atom is -0.373 e. The number of pyridine rings is 1. The number of aromatic amines is 1. The molecule has 0 saturated heterocycles. The molecule has 1 aliphatic heterocycles. The first-order valence-corrected chi connectivity index (χ1v) is 9.24. The lowest BCUT2D eigenvalue weighted by atomic mass is 9.95. The second-order valence-electron chi connectivity index (χ2n) is 6.86. The maximum Gasteiger partial charge on any atom is 0.322 e. The number of benzene rings is 2. The zero-order chi connectivity index (χ0) is 21.6. The number of carbonyl (C=O) groups is 1. The van der Waals surface area contributed by atoms with E-state index in [-0.39, 0.29) is 34.7 Å². The number of nitrogens with one attached hydrogen (secondary N) is 2. The molecule has 1 aliphatic rings. The van der Waals surface area contributed by atoms with Crippen molar-refractivity contribution < 1.29 is 22.7 Å². The van der Waals surface area contributed by atoms with Crippen molar-refractivity contribution in [3.05, 3.63) is 74.4 Å². The minimum atomic E-state index is -0.904. The number of amides is 2. The van der Waals surface area contributed by atoms with Crippen LogP contribution in [0.15, 0.2) is 35.1 Å². The maximum atomic E-state index is 14.7. The lowest BCUT2D eigenvalue weighted by Crippen LogP contribution is -2.40. The summed E-state index contributed by atoms with van der Waals surface area (Å²) in [5, 5.41) is 2.20. The van der Waals surface area contributed by atoms with Crippen molar-refractivity contribution in [3.8, 4) is 0 Å². The monoisotopic (exact) mass is 437 g/mol. The first-order valence-electron chi connectivity index (χ1n) is 8.86. The van der Waals surface area contributed by atoms with Crippen LogP contribution in [0.4, 0.5) is 23.7 Å². The number of ether oxygens (including phenoxy) is 1. The van der Waals surface area contributed by atoms with E-state index in [2.05, 4.69) is 10.3 Å². The van der Waals surface area contributed by atoms with Gasteiger partial charge in [-0.1, -0.05) is 11.6 Å². The molecule has 10 heteroatoms. The van der Waals surface area contributed by atoms with Crippen LogP contribution in [0.1, 0.15) is 17.3 Å². The summed E-state index contributed by atoms with van der Waals surface area (Å²) < 4.78 is 47.2. The van der Waals surface area contributed by atoms with Crippen LogP contribution in [0.2, 0.25) is 5.02 Å². The van der Waals surface area contributed by atoms with Gasteiger partial charge in [-0.2, -0.15) is 0 Å². The van der Waals surface area contributed by atoms with Crippen LogP contribution in [0.3, 0.4) is 0 Å². The number of carbonyl (C=O) groups excluding carboxylic acids is 1. The van der Waals surface area contributed by atoms with Crippen LogP contribution >= 0.6 is 11.6 Å². The van der Waals surface area contributed by atoms with Crippen LogP contribution in [0, 0.1) is 17.5 Å². The highest BCUT2D eigenvalue weighted by Crippen LogP contribution is 2.34. The van der Waals surface area contributed by atoms with E-state index in [1.165, 1.54) is 24.1 Å². The molecule has 0 fully saturated rings. The first kappa shape index (κ1) is 20.2. The van der Waals surface area contributed by atoms with Gasteiger partial charge in [0.2, 0.25) is 0 Å². The summed E-state index contributed by atoms with van der Waals surface area (Å²) in [5.74, 6) is -2.41. The van der Waals surface area contributed by atoms with Gasteiger partial charge in [0.15, 0.2) is 0 Å². The van der Waals surface area contributed by atoms with Gasteiger partial charge in [0, 0.05) is 35.4 Å². The first-order chi connectivity index (χ1) is 14.3. The van der Waals surface area contributed by atoms with Gasteiger partial charge >= 0.3 is 6.03 Å². The number of fused-ring (bicyclic) bond motifs is 3. The molecule has 2 amide bonds. The summed E-state index contributed by atoms with van der Waals surface area (Å²) in [7, 11) is 1.46. The van der Waals surface area contributed by atoms with E-state index < -0.39 is 35.1 Å². The fourth-order valence-electron chi connectivity index (χ4n) is 3.52. The van der Waals surface area contributed by atoms with Gasteiger partial charge in [-0.15, -0.1) is 0 Å². The van der Waals surface area contributed by atoms with E-state index in [0.717, 1.165) is 12.1 Å². The van der Waals surface area contributed by atoms with Crippen molar-refractivity contribution in [2.75, 3.05) is 19.0 Å². The Hall–Kier alpha value is -3.04. The summed E-state index contributed by atoms with van der Waals surface area (Å²) in [6, 6.07) is 3.97. The number of aromatic nitrogens is 1. The van der Waals surface area contributed by atoms with E-state index in [1.807, 2.05) is 0 Å². The van der Waals surface area contributed by atoms with Gasteiger partial charge < -0.3 is 19.9 Å². The highest BCUT2D eigenvalue weighted by Gasteiger charge is 2.32. The van der Waals surface area contributed by atoms with Gasteiger partial charge in [0.05, 0.1) is 29.7 Å². The Morgan fingerprint density at radius 3 is 2.73 bits per heavy atom. The fourth-order valence-corrected chi connectivity index (χ4v) is 3.70. The lowest BCUT2D eigenvalue weighted by Gasteiger charge is -2.33. The molecular weight excluding hydrogens is 423 g/mol. The van der Waals surface area contributed by atoms with Crippen molar-refractivity contribution >= 4 is 34.1 Å². The highest BCUT2D eigenvalue weighted by atomic mass is 35.5. The Balaban J connectivity index is 1.75. The zero-order valence-electron chi connectivity index (χ0n) is 15.6. The minimum absolute atomic E-state index is 0.0108. The molecular formula is C20H15ClF3N3O3. The Kier molecular flexibility index (Phi) is 5.17. The van der Waals surface area contributed by atoms with E-state index in [1.54, 1.807) is 0 Å². The molecule has 0 bridgehead atoms. The number of hydrogen-bond acceptors (Lipinski definition) is 3. The molecule has 30 heavy (non-hydrogen) atoms. The Morgan fingerprint density at radius 2 is 2.00 bits per heavy atom. The Morgan fingerprint density at radius 1 is 1.23 bits per heavy atom. The molecule has 0 saturated carbocycles. The quantitative estimate of drug-likeness (QED) is 0.626. The number of H-pyrrole nitrogens is 1. The largest absolute Gasteiger partial charge is 0.373 e. The van der Waals surface area contributed by atoms with Gasteiger partial charge in [0.25, 0.3) is 5.56 Å². The van der Waals surface area contributed by atoms with Crippen molar-refractivity contribution in [1.82, 2.24) is 9.88 Å². The molecule has 0 spiro atoms. The van der Waals surface area contributed by atoms with Crippen molar-refractivity contribution in [1.29, 1.82) is 0 Å². The average Bonchev–Trinajstić information content (AvgIpc) is 2.69. The molecule has 156 valence electrons. The fraction of sp³-hybridized carbons (Fsp3) is 0.200. The molecule has 2 aromatic carbocycles. The van der Waals surface area contributed by atoms with Crippen LogP contribution in [-0.2, 0) is 11.3 Å². The molecule has 1 atom stereocenters. The van der Waals surface area contributed by atoms with Gasteiger partial charge in [0.1, 0.15) is 17.5 Å². The third-order valence-corrected chi connectivity index (χ3v) is 5.26. The number of anilines is 1.